The Balaban J connectivity index is 2.60. The number of phenolic OH excluding ortho intramolecular Hbond substituents is 1. The maximum absolute atomic E-state index is 9.90. The normalized spacial score (nSPS) is 10.2. The Morgan fingerprint density at radius 2 is 1.88 bits per heavy atom. The average molecular weight is 229 g/mol. The minimum atomic E-state index is 0.164. The van der Waals surface area contributed by atoms with Gasteiger partial charge in [-0.05, 0) is 25.1 Å². The third kappa shape index (κ3) is 2.18. The molecule has 17 heavy (non-hydrogen) atoms. The molecule has 88 valence electrons. The topological polar surface area (TPSA) is 55.5 Å². The Kier molecular flexibility index (Phi) is 3.19. The summed E-state index contributed by atoms with van der Waals surface area (Å²) in [7, 11) is 0. The van der Waals surface area contributed by atoms with Crippen LogP contribution < -0.4 is 10.5 Å². The van der Waals surface area contributed by atoms with Crippen LogP contribution in [0.25, 0.3) is 11.1 Å². The van der Waals surface area contributed by atoms with Gasteiger partial charge in [0.15, 0.2) is 0 Å². The summed E-state index contributed by atoms with van der Waals surface area (Å²) in [6, 6.07) is 12.6. The van der Waals surface area contributed by atoms with Crippen LogP contribution in [-0.4, -0.2) is 11.7 Å². The molecular formula is C14H15NO2. The van der Waals surface area contributed by atoms with Gasteiger partial charge in [-0.25, -0.2) is 0 Å². The second kappa shape index (κ2) is 4.78. The first-order valence-electron chi connectivity index (χ1n) is 5.53. The molecule has 0 radical (unpaired) electrons. The quantitative estimate of drug-likeness (QED) is 0.795. The lowest BCUT2D eigenvalue weighted by Crippen LogP contribution is -1.96. The number of para-hydroxylation sites is 1. The number of ether oxygens (including phenoxy) is 1. The number of rotatable bonds is 3. The fraction of sp³-hybridized carbons (Fsp3) is 0.143. The second-order valence-electron chi connectivity index (χ2n) is 3.67. The van der Waals surface area contributed by atoms with Crippen molar-refractivity contribution in [2.75, 3.05) is 12.3 Å². The number of nitrogen functional groups attached to an aromatic ring is 1. The molecule has 0 heterocycles. The summed E-state index contributed by atoms with van der Waals surface area (Å²) in [4.78, 5) is 0. The Bertz CT molecular complexity index is 503. The summed E-state index contributed by atoms with van der Waals surface area (Å²) in [6.07, 6.45) is 0. The Labute approximate surface area is 100 Å². The monoisotopic (exact) mass is 229 g/mol. The lowest BCUT2D eigenvalue weighted by atomic mass is 10.0. The van der Waals surface area contributed by atoms with E-state index in [-0.39, 0.29) is 5.75 Å². The molecule has 2 rings (SSSR count). The number of phenols is 1. The van der Waals surface area contributed by atoms with E-state index in [0.29, 0.717) is 17.9 Å². The summed E-state index contributed by atoms with van der Waals surface area (Å²) in [6.45, 7) is 2.50. The molecule has 0 fully saturated rings. The summed E-state index contributed by atoms with van der Waals surface area (Å²) in [5.74, 6) is 0.889. The average Bonchev–Trinajstić information content (AvgIpc) is 2.31. The third-order valence-corrected chi connectivity index (χ3v) is 2.53. The fourth-order valence-electron chi connectivity index (χ4n) is 1.81. The molecule has 0 atom stereocenters. The lowest BCUT2D eigenvalue weighted by molar-refractivity contribution is 0.341. The molecule has 0 aromatic heterocycles. The molecule has 0 saturated heterocycles. The molecule has 0 amide bonds. The molecule has 3 N–H and O–H groups in total. The first-order valence-corrected chi connectivity index (χ1v) is 5.53. The maximum atomic E-state index is 9.90. The molecule has 0 unspecified atom stereocenters. The molecular weight excluding hydrogens is 214 g/mol. The molecule has 0 spiro atoms. The van der Waals surface area contributed by atoms with E-state index in [2.05, 4.69) is 0 Å². The van der Waals surface area contributed by atoms with Crippen molar-refractivity contribution in [1.29, 1.82) is 0 Å². The molecule has 3 heteroatoms. The molecule has 0 aliphatic rings. The van der Waals surface area contributed by atoms with Crippen molar-refractivity contribution < 1.29 is 9.84 Å². The SMILES string of the molecule is CCOc1ccccc1-c1c(N)cccc1O. The first-order chi connectivity index (χ1) is 8.24. The van der Waals surface area contributed by atoms with Crippen LogP contribution in [0.2, 0.25) is 0 Å². The predicted molar refractivity (Wildman–Crippen MR) is 69.1 cm³/mol. The van der Waals surface area contributed by atoms with Gasteiger partial charge in [0.2, 0.25) is 0 Å². The van der Waals surface area contributed by atoms with Gasteiger partial charge in [-0.3, -0.25) is 0 Å². The molecule has 0 aliphatic carbocycles. The second-order valence-corrected chi connectivity index (χ2v) is 3.67. The van der Waals surface area contributed by atoms with Gasteiger partial charge in [-0.2, -0.15) is 0 Å². The highest BCUT2D eigenvalue weighted by Gasteiger charge is 2.12. The number of benzene rings is 2. The van der Waals surface area contributed by atoms with E-state index in [1.165, 1.54) is 0 Å². The van der Waals surface area contributed by atoms with E-state index < -0.39 is 0 Å². The van der Waals surface area contributed by atoms with Crippen LogP contribution in [0.1, 0.15) is 6.92 Å². The van der Waals surface area contributed by atoms with Crippen LogP contribution in [0.15, 0.2) is 42.5 Å². The zero-order valence-corrected chi connectivity index (χ0v) is 9.68. The van der Waals surface area contributed by atoms with Gasteiger partial charge in [-0.15, -0.1) is 0 Å². The summed E-state index contributed by atoms with van der Waals surface area (Å²) >= 11 is 0. The van der Waals surface area contributed by atoms with E-state index >= 15 is 0 Å². The van der Waals surface area contributed by atoms with Crippen LogP contribution >= 0.6 is 0 Å². The number of hydrogen-bond acceptors (Lipinski definition) is 3. The van der Waals surface area contributed by atoms with Crippen molar-refractivity contribution in [2.24, 2.45) is 0 Å². The van der Waals surface area contributed by atoms with Crippen molar-refractivity contribution in [3.63, 3.8) is 0 Å². The van der Waals surface area contributed by atoms with Crippen LogP contribution in [-0.2, 0) is 0 Å². The zero-order valence-electron chi connectivity index (χ0n) is 9.68. The summed E-state index contributed by atoms with van der Waals surface area (Å²) in [5.41, 5.74) is 7.87. The summed E-state index contributed by atoms with van der Waals surface area (Å²) in [5, 5.41) is 9.90. The van der Waals surface area contributed by atoms with Gasteiger partial charge in [0.05, 0.1) is 12.2 Å². The first kappa shape index (κ1) is 11.3. The Morgan fingerprint density at radius 3 is 2.59 bits per heavy atom. The van der Waals surface area contributed by atoms with E-state index in [9.17, 15) is 5.11 Å². The van der Waals surface area contributed by atoms with Crippen molar-refractivity contribution >= 4 is 5.69 Å². The number of aromatic hydroxyl groups is 1. The molecule has 2 aromatic carbocycles. The number of nitrogens with two attached hydrogens (primary N) is 1. The molecule has 0 saturated carbocycles. The minimum Gasteiger partial charge on any atom is -0.507 e. The molecule has 2 aromatic rings. The zero-order chi connectivity index (χ0) is 12.3. The van der Waals surface area contributed by atoms with E-state index in [4.69, 9.17) is 10.5 Å². The van der Waals surface area contributed by atoms with Crippen LogP contribution in [0, 0.1) is 0 Å². The fourth-order valence-corrected chi connectivity index (χ4v) is 1.81. The molecule has 0 bridgehead atoms. The van der Waals surface area contributed by atoms with Crippen molar-refractivity contribution in [3.8, 4) is 22.6 Å². The number of anilines is 1. The van der Waals surface area contributed by atoms with Crippen molar-refractivity contribution in [3.05, 3.63) is 42.5 Å². The highest BCUT2D eigenvalue weighted by atomic mass is 16.5. The van der Waals surface area contributed by atoms with Gasteiger partial charge < -0.3 is 15.6 Å². The van der Waals surface area contributed by atoms with Crippen molar-refractivity contribution in [2.45, 2.75) is 6.92 Å². The van der Waals surface area contributed by atoms with Gasteiger partial charge >= 0.3 is 0 Å². The standard InChI is InChI=1S/C14H15NO2/c1-2-17-13-9-4-3-6-10(13)14-11(15)7-5-8-12(14)16/h3-9,16H,2,15H2,1H3. The van der Waals surface area contributed by atoms with E-state index in [1.807, 2.05) is 31.2 Å². The molecule has 3 nitrogen and oxygen atoms in total. The van der Waals surface area contributed by atoms with Gasteiger partial charge in [0.25, 0.3) is 0 Å². The van der Waals surface area contributed by atoms with E-state index in [0.717, 1.165) is 11.3 Å². The molecule has 0 aliphatic heterocycles. The predicted octanol–water partition coefficient (Wildman–Crippen LogP) is 3.04. The van der Waals surface area contributed by atoms with Crippen LogP contribution in [0.3, 0.4) is 0 Å². The smallest absolute Gasteiger partial charge is 0.127 e. The maximum Gasteiger partial charge on any atom is 0.127 e. The van der Waals surface area contributed by atoms with Gasteiger partial charge in [0, 0.05) is 11.3 Å². The van der Waals surface area contributed by atoms with Crippen molar-refractivity contribution in [1.82, 2.24) is 0 Å². The van der Waals surface area contributed by atoms with Crippen LogP contribution in [0.5, 0.6) is 11.5 Å². The largest absolute Gasteiger partial charge is 0.507 e. The lowest BCUT2D eigenvalue weighted by Gasteiger charge is -2.13. The van der Waals surface area contributed by atoms with E-state index in [1.54, 1.807) is 18.2 Å². The Hall–Kier alpha value is -2.16. The highest BCUT2D eigenvalue weighted by Crippen LogP contribution is 2.39. The summed E-state index contributed by atoms with van der Waals surface area (Å²) < 4.78 is 5.53. The van der Waals surface area contributed by atoms with Gasteiger partial charge in [0.1, 0.15) is 11.5 Å². The minimum absolute atomic E-state index is 0.164. The Morgan fingerprint density at radius 1 is 1.12 bits per heavy atom. The third-order valence-electron chi connectivity index (χ3n) is 2.53. The van der Waals surface area contributed by atoms with Crippen LogP contribution in [0.4, 0.5) is 5.69 Å². The number of hydrogen-bond donors (Lipinski definition) is 2. The van der Waals surface area contributed by atoms with Gasteiger partial charge in [-0.1, -0.05) is 24.3 Å². The highest BCUT2D eigenvalue weighted by molar-refractivity contribution is 5.85.